The third-order valence-corrected chi connectivity index (χ3v) is 7.21. The second-order valence-electron chi connectivity index (χ2n) is 10.1. The number of hydrogen-bond acceptors (Lipinski definition) is 6. The van der Waals surface area contributed by atoms with Crippen molar-refractivity contribution < 1.29 is 14.2 Å². The van der Waals surface area contributed by atoms with E-state index in [2.05, 4.69) is 37.9 Å². The lowest BCUT2D eigenvalue weighted by Gasteiger charge is -2.19. The summed E-state index contributed by atoms with van der Waals surface area (Å²) in [6, 6.07) is 21.7. The van der Waals surface area contributed by atoms with Crippen LogP contribution in [0.15, 0.2) is 71.5 Å². The average Bonchev–Trinajstić information content (AvgIpc) is 3.40. The molecule has 0 saturated carbocycles. The van der Waals surface area contributed by atoms with Crippen LogP contribution in [0.3, 0.4) is 0 Å². The van der Waals surface area contributed by atoms with Crippen molar-refractivity contribution in [1.82, 2.24) is 9.38 Å². The maximum atomic E-state index is 13.1. The smallest absolute Gasteiger partial charge is 0.274 e. The molecule has 0 bridgehead atoms. The van der Waals surface area contributed by atoms with Crippen LogP contribution in [0, 0.1) is 0 Å². The van der Waals surface area contributed by atoms with Crippen LogP contribution in [0.2, 0.25) is 0 Å². The summed E-state index contributed by atoms with van der Waals surface area (Å²) in [5.74, 6) is 2.19. The minimum absolute atomic E-state index is 0.0648. The molecule has 0 aliphatic heterocycles. The number of benzene rings is 3. The zero-order valence-electron chi connectivity index (χ0n) is 22.2. The van der Waals surface area contributed by atoms with Gasteiger partial charge in [-0.15, -0.1) is 0 Å². The van der Waals surface area contributed by atoms with Crippen LogP contribution in [0.5, 0.6) is 17.2 Å². The van der Waals surface area contributed by atoms with Gasteiger partial charge in [0.2, 0.25) is 0 Å². The highest BCUT2D eigenvalue weighted by Crippen LogP contribution is 2.29. The second-order valence-corrected chi connectivity index (χ2v) is 11.1. The Bertz CT molecular complexity index is 1660. The summed E-state index contributed by atoms with van der Waals surface area (Å²) >= 11 is 1.38. The molecule has 2 heterocycles. The number of imidazole rings is 1. The van der Waals surface area contributed by atoms with E-state index >= 15 is 0 Å². The standard InChI is InChI=1S/C31H32N2O4S/c1-5-35-27-19-21(20-28-29(34)33-25-10-7-6-9-24(25)32-30(33)38-28)11-16-26(27)37-18-8-17-36-23-14-12-22(13-15-23)31(2,3)4/h6-7,9-16,19-20H,5,8,17-18H2,1-4H3/b28-20-. The van der Waals surface area contributed by atoms with Gasteiger partial charge in [-0.05, 0) is 65.9 Å². The number of para-hydroxylation sites is 2. The van der Waals surface area contributed by atoms with Crippen LogP contribution in [-0.2, 0) is 5.41 Å². The van der Waals surface area contributed by atoms with Crippen LogP contribution < -0.4 is 24.3 Å². The van der Waals surface area contributed by atoms with E-state index < -0.39 is 0 Å². The number of hydrogen-bond donors (Lipinski definition) is 0. The SMILES string of the molecule is CCOc1cc(/C=c2\sc3nc4ccccc4n3c2=O)ccc1OCCCOc1ccc(C(C)(C)C)cc1. The molecule has 0 unspecified atom stereocenters. The summed E-state index contributed by atoms with van der Waals surface area (Å²) in [4.78, 5) is 18.4. The highest BCUT2D eigenvalue weighted by atomic mass is 32.1. The summed E-state index contributed by atoms with van der Waals surface area (Å²) in [5.41, 5.74) is 3.87. The third-order valence-electron chi connectivity index (χ3n) is 6.25. The van der Waals surface area contributed by atoms with Crippen LogP contribution in [0.4, 0.5) is 0 Å². The Hall–Kier alpha value is -3.84. The maximum absolute atomic E-state index is 13.1. The molecule has 0 aliphatic rings. The van der Waals surface area contributed by atoms with E-state index in [0.717, 1.165) is 28.8 Å². The van der Waals surface area contributed by atoms with Gasteiger partial charge >= 0.3 is 0 Å². The summed E-state index contributed by atoms with van der Waals surface area (Å²) in [7, 11) is 0. The van der Waals surface area contributed by atoms with E-state index in [0.29, 0.717) is 40.8 Å². The minimum Gasteiger partial charge on any atom is -0.493 e. The monoisotopic (exact) mass is 528 g/mol. The molecular weight excluding hydrogens is 496 g/mol. The molecular formula is C31H32N2O4S. The van der Waals surface area contributed by atoms with Crippen molar-refractivity contribution in [3.8, 4) is 17.2 Å². The van der Waals surface area contributed by atoms with Crippen LogP contribution in [-0.4, -0.2) is 29.2 Å². The molecule has 0 atom stereocenters. The Kier molecular flexibility index (Phi) is 7.38. The van der Waals surface area contributed by atoms with E-state index in [9.17, 15) is 4.79 Å². The Labute approximate surface area is 226 Å². The molecule has 38 heavy (non-hydrogen) atoms. The molecule has 5 aromatic rings. The van der Waals surface area contributed by atoms with Gasteiger partial charge in [0.15, 0.2) is 16.5 Å². The average molecular weight is 529 g/mol. The highest BCUT2D eigenvalue weighted by molar-refractivity contribution is 7.15. The summed E-state index contributed by atoms with van der Waals surface area (Å²) in [5, 5.41) is 0. The third kappa shape index (κ3) is 5.53. The van der Waals surface area contributed by atoms with Crippen molar-refractivity contribution in [1.29, 1.82) is 0 Å². The predicted octanol–water partition coefficient (Wildman–Crippen LogP) is 6.00. The maximum Gasteiger partial charge on any atom is 0.274 e. The number of nitrogens with zero attached hydrogens (tertiary/aromatic N) is 2. The molecule has 6 nitrogen and oxygen atoms in total. The van der Waals surface area contributed by atoms with E-state index in [1.54, 1.807) is 4.40 Å². The fourth-order valence-electron chi connectivity index (χ4n) is 4.25. The topological polar surface area (TPSA) is 62.1 Å². The van der Waals surface area contributed by atoms with Crippen molar-refractivity contribution in [3.63, 3.8) is 0 Å². The van der Waals surface area contributed by atoms with Gasteiger partial charge in [0.1, 0.15) is 5.75 Å². The van der Waals surface area contributed by atoms with E-state index in [1.807, 2.05) is 67.6 Å². The molecule has 5 rings (SSSR count). The Morgan fingerprint density at radius 3 is 2.45 bits per heavy atom. The predicted molar refractivity (Wildman–Crippen MR) is 154 cm³/mol. The molecule has 0 amide bonds. The molecule has 196 valence electrons. The van der Waals surface area contributed by atoms with Crippen molar-refractivity contribution >= 4 is 33.4 Å². The molecule has 7 heteroatoms. The van der Waals surface area contributed by atoms with Crippen LogP contribution >= 0.6 is 11.3 Å². The zero-order chi connectivity index (χ0) is 26.7. The van der Waals surface area contributed by atoms with Gasteiger partial charge in [0.05, 0.1) is 35.4 Å². The van der Waals surface area contributed by atoms with Gasteiger partial charge in [0.25, 0.3) is 5.56 Å². The largest absolute Gasteiger partial charge is 0.493 e. The Balaban J connectivity index is 1.24. The number of ether oxygens (including phenoxy) is 3. The van der Waals surface area contributed by atoms with Crippen molar-refractivity contribution in [2.75, 3.05) is 19.8 Å². The van der Waals surface area contributed by atoms with Crippen molar-refractivity contribution in [3.05, 3.63) is 92.7 Å². The van der Waals surface area contributed by atoms with Gasteiger partial charge in [0, 0.05) is 6.42 Å². The van der Waals surface area contributed by atoms with Gasteiger partial charge in [-0.1, -0.05) is 62.4 Å². The number of fused-ring (bicyclic) bond motifs is 3. The molecule has 0 fully saturated rings. The van der Waals surface area contributed by atoms with Crippen molar-refractivity contribution in [2.24, 2.45) is 0 Å². The summed E-state index contributed by atoms with van der Waals surface area (Å²) < 4.78 is 20.0. The first-order chi connectivity index (χ1) is 18.3. The first kappa shape index (κ1) is 25.8. The summed E-state index contributed by atoms with van der Waals surface area (Å²) in [6.45, 7) is 10.1. The van der Waals surface area contributed by atoms with Crippen LogP contribution in [0.25, 0.3) is 22.1 Å². The molecule has 0 spiro atoms. The fourth-order valence-corrected chi connectivity index (χ4v) is 5.23. The van der Waals surface area contributed by atoms with E-state index in [-0.39, 0.29) is 11.0 Å². The minimum atomic E-state index is -0.0648. The fraction of sp³-hybridized carbons (Fsp3) is 0.290. The molecule has 2 aromatic heterocycles. The van der Waals surface area contributed by atoms with Crippen LogP contribution in [0.1, 0.15) is 45.2 Å². The number of thiazole rings is 1. The zero-order valence-corrected chi connectivity index (χ0v) is 23.0. The molecule has 0 saturated heterocycles. The first-order valence-corrected chi connectivity index (χ1v) is 13.7. The second kappa shape index (κ2) is 10.9. The van der Waals surface area contributed by atoms with Gasteiger partial charge < -0.3 is 14.2 Å². The quantitative estimate of drug-likeness (QED) is 0.220. The Morgan fingerprint density at radius 2 is 1.68 bits per heavy atom. The first-order valence-electron chi connectivity index (χ1n) is 12.9. The number of rotatable bonds is 9. The number of aromatic nitrogens is 2. The normalized spacial score (nSPS) is 12.4. The van der Waals surface area contributed by atoms with E-state index in [1.165, 1.54) is 16.9 Å². The molecule has 3 aromatic carbocycles. The lowest BCUT2D eigenvalue weighted by atomic mass is 9.87. The highest BCUT2D eigenvalue weighted by Gasteiger charge is 2.13. The molecule has 0 radical (unpaired) electrons. The van der Waals surface area contributed by atoms with Gasteiger partial charge in [-0.2, -0.15) is 0 Å². The van der Waals surface area contributed by atoms with E-state index in [4.69, 9.17) is 14.2 Å². The van der Waals surface area contributed by atoms with Crippen molar-refractivity contribution in [2.45, 2.75) is 39.5 Å². The lowest BCUT2D eigenvalue weighted by Crippen LogP contribution is -2.22. The van der Waals surface area contributed by atoms with Gasteiger partial charge in [-0.25, -0.2) is 9.38 Å². The molecule has 0 aliphatic carbocycles. The Morgan fingerprint density at radius 1 is 0.921 bits per heavy atom. The van der Waals surface area contributed by atoms with Gasteiger partial charge in [-0.3, -0.25) is 4.79 Å². The molecule has 0 N–H and O–H groups in total. The lowest BCUT2D eigenvalue weighted by molar-refractivity contribution is 0.236. The summed E-state index contributed by atoms with van der Waals surface area (Å²) in [6.07, 6.45) is 2.62.